The summed E-state index contributed by atoms with van der Waals surface area (Å²) < 4.78 is 5.29. The van der Waals surface area contributed by atoms with E-state index in [1.165, 1.54) is 25.9 Å². The van der Waals surface area contributed by atoms with Crippen molar-refractivity contribution in [2.24, 2.45) is 5.92 Å². The fraction of sp³-hybridized carbons (Fsp3) is 0.941. The van der Waals surface area contributed by atoms with Crippen molar-refractivity contribution in [1.82, 2.24) is 15.5 Å². The SMILES string of the molecule is CC(NC1CC(NC(=O)OC(C)(C)C)C1)C1CCN(C)CC1. The summed E-state index contributed by atoms with van der Waals surface area (Å²) in [6, 6.07) is 1.37. The maximum Gasteiger partial charge on any atom is 0.407 e. The fourth-order valence-electron chi connectivity index (χ4n) is 3.38. The van der Waals surface area contributed by atoms with Crippen LogP contribution in [0.3, 0.4) is 0 Å². The Morgan fingerprint density at radius 1 is 1.18 bits per heavy atom. The molecule has 2 N–H and O–H groups in total. The zero-order valence-corrected chi connectivity index (χ0v) is 14.8. The molecule has 0 radical (unpaired) electrons. The zero-order valence-electron chi connectivity index (χ0n) is 14.8. The van der Waals surface area contributed by atoms with Gasteiger partial charge in [0, 0.05) is 18.1 Å². The minimum absolute atomic E-state index is 0.261. The topological polar surface area (TPSA) is 53.6 Å². The van der Waals surface area contributed by atoms with Crippen molar-refractivity contribution >= 4 is 6.09 Å². The summed E-state index contributed by atoms with van der Waals surface area (Å²) in [6.45, 7) is 10.4. The lowest BCUT2D eigenvalue weighted by Gasteiger charge is -2.41. The van der Waals surface area contributed by atoms with Gasteiger partial charge in [-0.2, -0.15) is 0 Å². The Morgan fingerprint density at radius 2 is 1.77 bits per heavy atom. The first-order valence-corrected chi connectivity index (χ1v) is 8.67. The third-order valence-electron chi connectivity index (χ3n) is 4.83. The Balaban J connectivity index is 1.62. The molecule has 0 aromatic carbocycles. The smallest absolute Gasteiger partial charge is 0.407 e. The third kappa shape index (κ3) is 5.43. The number of carbonyl (C=O) groups is 1. The molecule has 1 aliphatic heterocycles. The highest BCUT2D eigenvalue weighted by molar-refractivity contribution is 5.68. The first-order chi connectivity index (χ1) is 10.2. The molecule has 1 amide bonds. The minimum Gasteiger partial charge on any atom is -0.444 e. The molecule has 1 aliphatic carbocycles. The summed E-state index contributed by atoms with van der Waals surface area (Å²) in [5.74, 6) is 0.786. The second kappa shape index (κ2) is 7.18. The molecule has 0 bridgehead atoms. The van der Waals surface area contributed by atoms with Gasteiger partial charge in [0.25, 0.3) is 0 Å². The van der Waals surface area contributed by atoms with Crippen LogP contribution in [0.5, 0.6) is 0 Å². The van der Waals surface area contributed by atoms with Crippen LogP contribution in [-0.4, -0.2) is 54.9 Å². The van der Waals surface area contributed by atoms with Crippen molar-refractivity contribution in [3.8, 4) is 0 Å². The molecule has 1 heterocycles. The van der Waals surface area contributed by atoms with Crippen molar-refractivity contribution in [3.63, 3.8) is 0 Å². The lowest BCUT2D eigenvalue weighted by atomic mass is 9.84. The fourth-order valence-corrected chi connectivity index (χ4v) is 3.38. The van der Waals surface area contributed by atoms with Crippen LogP contribution in [0.2, 0.25) is 0 Å². The highest BCUT2D eigenvalue weighted by Gasteiger charge is 2.33. The second-order valence-electron chi connectivity index (χ2n) is 8.11. The van der Waals surface area contributed by atoms with Crippen molar-refractivity contribution in [2.45, 2.75) is 77.1 Å². The lowest BCUT2D eigenvalue weighted by Crippen LogP contribution is -2.56. The number of amides is 1. The number of likely N-dealkylation sites (tertiary alicyclic amines) is 1. The molecule has 1 saturated carbocycles. The molecule has 128 valence electrons. The molecule has 2 aliphatic rings. The molecule has 5 nitrogen and oxygen atoms in total. The molecule has 0 spiro atoms. The van der Waals surface area contributed by atoms with Gasteiger partial charge in [-0.3, -0.25) is 0 Å². The highest BCUT2D eigenvalue weighted by Crippen LogP contribution is 2.25. The van der Waals surface area contributed by atoms with Gasteiger partial charge in [0.1, 0.15) is 5.60 Å². The molecule has 22 heavy (non-hydrogen) atoms. The third-order valence-corrected chi connectivity index (χ3v) is 4.83. The normalized spacial score (nSPS) is 28.8. The molecule has 2 fully saturated rings. The summed E-state index contributed by atoms with van der Waals surface area (Å²) in [5, 5.41) is 6.70. The Morgan fingerprint density at radius 3 is 2.32 bits per heavy atom. The second-order valence-corrected chi connectivity index (χ2v) is 8.11. The number of hydrogen-bond donors (Lipinski definition) is 2. The average Bonchev–Trinajstić information content (AvgIpc) is 2.34. The van der Waals surface area contributed by atoms with E-state index in [1.54, 1.807) is 0 Å². The molecule has 1 atom stereocenters. The van der Waals surface area contributed by atoms with Crippen LogP contribution in [0.4, 0.5) is 4.79 Å². The molecule has 1 saturated heterocycles. The van der Waals surface area contributed by atoms with Crippen LogP contribution in [0, 0.1) is 5.92 Å². The lowest BCUT2D eigenvalue weighted by molar-refractivity contribution is 0.0459. The molecule has 0 aromatic rings. The number of piperidine rings is 1. The molecule has 1 unspecified atom stereocenters. The maximum atomic E-state index is 11.7. The number of alkyl carbamates (subject to hydrolysis) is 1. The van der Waals surface area contributed by atoms with Crippen LogP contribution >= 0.6 is 0 Å². The van der Waals surface area contributed by atoms with Crippen molar-refractivity contribution in [1.29, 1.82) is 0 Å². The van der Waals surface area contributed by atoms with Gasteiger partial charge in [0.15, 0.2) is 0 Å². The van der Waals surface area contributed by atoms with E-state index in [0.29, 0.717) is 12.1 Å². The van der Waals surface area contributed by atoms with Crippen molar-refractivity contribution in [2.75, 3.05) is 20.1 Å². The van der Waals surface area contributed by atoms with Crippen LogP contribution in [-0.2, 0) is 4.74 Å². The van der Waals surface area contributed by atoms with Crippen molar-refractivity contribution < 1.29 is 9.53 Å². The Kier molecular flexibility index (Phi) is 5.72. The summed E-state index contributed by atoms with van der Waals surface area (Å²) in [4.78, 5) is 14.1. The van der Waals surface area contributed by atoms with E-state index in [1.807, 2.05) is 20.8 Å². The number of nitrogens with one attached hydrogen (secondary N) is 2. The quantitative estimate of drug-likeness (QED) is 0.837. The highest BCUT2D eigenvalue weighted by atomic mass is 16.6. The Labute approximate surface area is 135 Å². The summed E-state index contributed by atoms with van der Waals surface area (Å²) in [5.41, 5.74) is -0.422. The van der Waals surface area contributed by atoms with Gasteiger partial charge in [-0.05, 0) is 79.4 Å². The van der Waals surface area contributed by atoms with E-state index in [4.69, 9.17) is 4.74 Å². The summed E-state index contributed by atoms with van der Waals surface area (Å²) in [6.07, 6.45) is 4.31. The van der Waals surface area contributed by atoms with E-state index in [2.05, 4.69) is 29.5 Å². The van der Waals surface area contributed by atoms with Crippen LogP contribution in [0.25, 0.3) is 0 Å². The van der Waals surface area contributed by atoms with E-state index in [-0.39, 0.29) is 12.1 Å². The van der Waals surface area contributed by atoms with Gasteiger partial charge in [-0.1, -0.05) is 0 Å². The molecular weight excluding hydrogens is 278 g/mol. The number of rotatable bonds is 4. The Bertz CT molecular complexity index is 367. The molecule has 2 rings (SSSR count). The van der Waals surface area contributed by atoms with Crippen LogP contribution < -0.4 is 10.6 Å². The Hall–Kier alpha value is -0.810. The standard InChI is InChI=1S/C17H33N3O2/c1-12(13-6-8-20(5)9-7-13)18-14-10-15(11-14)19-16(21)22-17(2,3)4/h12-15,18H,6-11H2,1-5H3,(H,19,21). The van der Waals surface area contributed by atoms with E-state index in [0.717, 1.165) is 18.8 Å². The number of hydrogen-bond acceptors (Lipinski definition) is 4. The van der Waals surface area contributed by atoms with Gasteiger partial charge in [-0.25, -0.2) is 4.79 Å². The van der Waals surface area contributed by atoms with Crippen molar-refractivity contribution in [3.05, 3.63) is 0 Å². The molecule has 5 heteroatoms. The number of ether oxygens (including phenoxy) is 1. The summed E-state index contributed by atoms with van der Waals surface area (Å²) >= 11 is 0. The zero-order chi connectivity index (χ0) is 16.3. The predicted octanol–water partition coefficient (Wildman–Crippen LogP) is 2.36. The predicted molar refractivity (Wildman–Crippen MR) is 89.0 cm³/mol. The monoisotopic (exact) mass is 311 g/mol. The van der Waals surface area contributed by atoms with Crippen LogP contribution in [0.15, 0.2) is 0 Å². The van der Waals surface area contributed by atoms with Crippen LogP contribution in [0.1, 0.15) is 53.4 Å². The van der Waals surface area contributed by atoms with Gasteiger partial charge in [0.2, 0.25) is 0 Å². The first-order valence-electron chi connectivity index (χ1n) is 8.67. The largest absolute Gasteiger partial charge is 0.444 e. The van der Waals surface area contributed by atoms with Gasteiger partial charge in [0.05, 0.1) is 0 Å². The minimum atomic E-state index is -0.422. The molecule has 0 aromatic heterocycles. The van der Waals surface area contributed by atoms with E-state index < -0.39 is 5.60 Å². The van der Waals surface area contributed by atoms with Gasteiger partial charge < -0.3 is 20.3 Å². The number of carbonyl (C=O) groups excluding carboxylic acids is 1. The van der Waals surface area contributed by atoms with Gasteiger partial charge in [-0.15, -0.1) is 0 Å². The number of nitrogens with zero attached hydrogens (tertiary/aromatic N) is 1. The average molecular weight is 311 g/mol. The maximum absolute atomic E-state index is 11.7. The first kappa shape index (κ1) is 17.5. The van der Waals surface area contributed by atoms with E-state index >= 15 is 0 Å². The summed E-state index contributed by atoms with van der Waals surface area (Å²) in [7, 11) is 2.20. The molecular formula is C17H33N3O2. The van der Waals surface area contributed by atoms with E-state index in [9.17, 15) is 4.79 Å². The van der Waals surface area contributed by atoms with Gasteiger partial charge >= 0.3 is 6.09 Å².